The average Bonchev–Trinajstić information content (AvgIpc) is 2.85. The van der Waals surface area contributed by atoms with E-state index in [9.17, 15) is 0 Å². The van der Waals surface area contributed by atoms with Crippen molar-refractivity contribution in [3.8, 4) is 0 Å². The predicted octanol–water partition coefficient (Wildman–Crippen LogP) is 12.8. The van der Waals surface area contributed by atoms with Crippen molar-refractivity contribution in [2.24, 2.45) is 0 Å². The summed E-state index contributed by atoms with van der Waals surface area (Å²) >= 11 is 0. The fourth-order valence-corrected chi connectivity index (χ4v) is 4.80. The third-order valence-electron chi connectivity index (χ3n) is 7.12. The van der Waals surface area contributed by atoms with E-state index in [0.29, 0.717) is 0 Å². The Balaban J connectivity index is 3.07. The summed E-state index contributed by atoms with van der Waals surface area (Å²) in [5.41, 5.74) is 0. The highest BCUT2D eigenvalue weighted by Gasteiger charge is 1.95. The van der Waals surface area contributed by atoms with E-state index in [1.165, 1.54) is 167 Å². The standard InChI is InChI=1S/C34H64/c1-3-5-7-9-11-13-15-17-19-21-23-25-27-29-31-33-34-32-30-28-26-24-22-20-18-16-14-12-10-8-6-4-2/h3-6,19,21H,7-18,20,22-34H2,1-2H3. The van der Waals surface area contributed by atoms with Gasteiger partial charge in [0.05, 0.1) is 0 Å². The van der Waals surface area contributed by atoms with Gasteiger partial charge in [0.1, 0.15) is 0 Å². The van der Waals surface area contributed by atoms with E-state index < -0.39 is 0 Å². The molecular weight excluding hydrogens is 408 g/mol. The largest absolute Gasteiger partial charge is 0.0917 e. The molecule has 0 aromatic rings. The quantitative estimate of drug-likeness (QED) is 0.0784. The summed E-state index contributed by atoms with van der Waals surface area (Å²) in [6.07, 6.45) is 50.8. The third kappa shape index (κ3) is 31.2. The Labute approximate surface area is 217 Å². The van der Waals surface area contributed by atoms with Crippen molar-refractivity contribution in [3.05, 3.63) is 36.5 Å². The van der Waals surface area contributed by atoms with Crippen molar-refractivity contribution in [2.75, 3.05) is 0 Å². The average molecular weight is 473 g/mol. The van der Waals surface area contributed by atoms with Gasteiger partial charge in [0, 0.05) is 0 Å². The fraction of sp³-hybridized carbons (Fsp3) is 0.824. The van der Waals surface area contributed by atoms with Gasteiger partial charge in [-0.15, -0.1) is 0 Å². The minimum Gasteiger partial charge on any atom is -0.0917 e. The molecule has 0 aromatic carbocycles. The minimum atomic E-state index is 1.27. The number of unbranched alkanes of at least 4 members (excludes halogenated alkanes) is 24. The SMILES string of the molecule is CC=CCCCCCCC=CCCCCCCCCCCCCCCCCCCCCC=CC. The molecule has 200 valence electrons. The van der Waals surface area contributed by atoms with Crippen molar-refractivity contribution >= 4 is 0 Å². The van der Waals surface area contributed by atoms with Gasteiger partial charge in [0.15, 0.2) is 0 Å². The lowest BCUT2D eigenvalue weighted by atomic mass is 10.0. The molecule has 0 spiro atoms. The molecule has 0 saturated heterocycles. The van der Waals surface area contributed by atoms with Gasteiger partial charge < -0.3 is 0 Å². The zero-order valence-corrected chi connectivity index (χ0v) is 23.8. The van der Waals surface area contributed by atoms with E-state index in [1.807, 2.05) is 0 Å². The van der Waals surface area contributed by atoms with Crippen LogP contribution in [0.2, 0.25) is 0 Å². The molecule has 0 aliphatic heterocycles. The lowest BCUT2D eigenvalue weighted by Crippen LogP contribution is -1.84. The minimum absolute atomic E-state index is 1.27. The first-order valence-electron chi connectivity index (χ1n) is 15.8. The van der Waals surface area contributed by atoms with E-state index in [2.05, 4.69) is 50.3 Å². The molecule has 0 nitrogen and oxygen atoms in total. The summed E-state index contributed by atoms with van der Waals surface area (Å²) in [6.45, 7) is 4.24. The van der Waals surface area contributed by atoms with E-state index in [0.717, 1.165) is 0 Å². The van der Waals surface area contributed by atoms with E-state index in [-0.39, 0.29) is 0 Å². The van der Waals surface area contributed by atoms with Crippen molar-refractivity contribution in [1.29, 1.82) is 0 Å². The van der Waals surface area contributed by atoms with Gasteiger partial charge in [-0.25, -0.2) is 0 Å². The summed E-state index contributed by atoms with van der Waals surface area (Å²) in [5.74, 6) is 0. The van der Waals surface area contributed by atoms with Gasteiger partial charge >= 0.3 is 0 Å². The summed E-state index contributed by atoms with van der Waals surface area (Å²) in [7, 11) is 0. The van der Waals surface area contributed by atoms with Crippen LogP contribution in [0.5, 0.6) is 0 Å². The van der Waals surface area contributed by atoms with Crippen LogP contribution in [0, 0.1) is 0 Å². The van der Waals surface area contributed by atoms with E-state index in [4.69, 9.17) is 0 Å². The molecule has 0 radical (unpaired) electrons. The number of hydrogen-bond acceptors (Lipinski definition) is 0. The van der Waals surface area contributed by atoms with Crippen LogP contribution >= 0.6 is 0 Å². The lowest BCUT2D eigenvalue weighted by molar-refractivity contribution is 0.524. The maximum atomic E-state index is 2.44. The van der Waals surface area contributed by atoms with Gasteiger partial charge in [-0.1, -0.05) is 152 Å². The molecule has 0 atom stereocenters. The first-order valence-corrected chi connectivity index (χ1v) is 15.8. The second kappa shape index (κ2) is 32.2. The number of rotatable bonds is 28. The zero-order valence-electron chi connectivity index (χ0n) is 23.8. The molecular formula is C34H64. The highest BCUT2D eigenvalue weighted by atomic mass is 14.0. The molecule has 0 rings (SSSR count). The van der Waals surface area contributed by atoms with Crippen LogP contribution in [0.4, 0.5) is 0 Å². The van der Waals surface area contributed by atoms with Gasteiger partial charge in [0.2, 0.25) is 0 Å². The lowest BCUT2D eigenvalue weighted by Gasteiger charge is -2.04. The van der Waals surface area contributed by atoms with Crippen molar-refractivity contribution < 1.29 is 0 Å². The molecule has 0 heterocycles. The highest BCUT2D eigenvalue weighted by Crippen LogP contribution is 2.15. The second-order valence-corrected chi connectivity index (χ2v) is 10.5. The van der Waals surface area contributed by atoms with Crippen molar-refractivity contribution in [1.82, 2.24) is 0 Å². The molecule has 0 aromatic heterocycles. The summed E-state index contributed by atoms with van der Waals surface area (Å²) in [6, 6.07) is 0. The molecule has 0 heteroatoms. The van der Waals surface area contributed by atoms with Gasteiger partial charge in [-0.2, -0.15) is 0 Å². The number of hydrogen-bond donors (Lipinski definition) is 0. The van der Waals surface area contributed by atoms with Crippen LogP contribution < -0.4 is 0 Å². The van der Waals surface area contributed by atoms with Crippen molar-refractivity contribution in [3.63, 3.8) is 0 Å². The molecule has 0 saturated carbocycles. The van der Waals surface area contributed by atoms with Crippen LogP contribution in [-0.2, 0) is 0 Å². The maximum absolute atomic E-state index is 2.44. The predicted molar refractivity (Wildman–Crippen MR) is 159 cm³/mol. The first kappa shape index (κ1) is 33.2. The maximum Gasteiger partial charge on any atom is -0.0351 e. The van der Waals surface area contributed by atoms with Gasteiger partial charge in [-0.3, -0.25) is 0 Å². The van der Waals surface area contributed by atoms with Crippen LogP contribution in [0.3, 0.4) is 0 Å². The topological polar surface area (TPSA) is 0 Å². The molecule has 0 N–H and O–H groups in total. The molecule has 0 aliphatic carbocycles. The monoisotopic (exact) mass is 473 g/mol. The summed E-state index contributed by atoms with van der Waals surface area (Å²) in [5, 5.41) is 0. The molecule has 34 heavy (non-hydrogen) atoms. The Morgan fingerprint density at radius 1 is 0.235 bits per heavy atom. The zero-order chi connectivity index (χ0) is 24.6. The Kier molecular flexibility index (Phi) is 31.5. The second-order valence-electron chi connectivity index (χ2n) is 10.5. The normalized spacial score (nSPS) is 12.2. The van der Waals surface area contributed by atoms with Crippen LogP contribution in [0.1, 0.15) is 181 Å². The van der Waals surface area contributed by atoms with Crippen LogP contribution in [0.25, 0.3) is 0 Å². The summed E-state index contributed by atoms with van der Waals surface area (Å²) < 4.78 is 0. The molecule has 0 bridgehead atoms. The third-order valence-corrected chi connectivity index (χ3v) is 7.12. The molecule has 0 aliphatic rings. The summed E-state index contributed by atoms with van der Waals surface area (Å²) in [4.78, 5) is 0. The Bertz CT molecular complexity index is 427. The smallest absolute Gasteiger partial charge is 0.0351 e. The van der Waals surface area contributed by atoms with Gasteiger partial charge in [-0.05, 0) is 65.2 Å². The molecule has 0 amide bonds. The van der Waals surface area contributed by atoms with Gasteiger partial charge in [0.25, 0.3) is 0 Å². The number of allylic oxidation sites excluding steroid dienone is 6. The van der Waals surface area contributed by atoms with Crippen molar-refractivity contribution in [2.45, 2.75) is 181 Å². The Morgan fingerprint density at radius 2 is 0.412 bits per heavy atom. The Morgan fingerprint density at radius 3 is 0.618 bits per heavy atom. The van der Waals surface area contributed by atoms with E-state index in [1.54, 1.807) is 0 Å². The van der Waals surface area contributed by atoms with E-state index >= 15 is 0 Å². The Hall–Kier alpha value is -0.780. The van der Waals surface area contributed by atoms with Crippen LogP contribution in [0.15, 0.2) is 36.5 Å². The fourth-order valence-electron chi connectivity index (χ4n) is 4.80. The highest BCUT2D eigenvalue weighted by molar-refractivity contribution is 4.81. The molecule has 0 fully saturated rings. The molecule has 0 unspecified atom stereocenters. The van der Waals surface area contributed by atoms with Crippen LogP contribution in [-0.4, -0.2) is 0 Å². The first-order chi connectivity index (χ1) is 16.9.